The minimum Gasteiger partial charge on any atom is -0.369 e. The van der Waals surface area contributed by atoms with Gasteiger partial charge in [0.2, 0.25) is 11.8 Å². The van der Waals surface area contributed by atoms with Crippen molar-refractivity contribution in [2.24, 2.45) is 17.6 Å². The molecule has 1 aliphatic carbocycles. The monoisotopic (exact) mass is 309 g/mol. The molecule has 1 aromatic rings. The van der Waals surface area contributed by atoms with Gasteiger partial charge in [0, 0.05) is 25.0 Å². The van der Waals surface area contributed by atoms with E-state index in [0.717, 1.165) is 6.42 Å². The van der Waals surface area contributed by atoms with Crippen LogP contribution in [-0.2, 0) is 9.59 Å². The molecule has 2 unspecified atom stereocenters. The number of halogens is 1. The Morgan fingerprint density at radius 1 is 1.14 bits per heavy atom. The Balaban J connectivity index is 0.00000161. The van der Waals surface area contributed by atoms with Crippen molar-refractivity contribution < 1.29 is 9.59 Å². The zero-order valence-corrected chi connectivity index (χ0v) is 12.4. The van der Waals surface area contributed by atoms with Gasteiger partial charge in [-0.2, -0.15) is 0 Å². The zero-order chi connectivity index (χ0) is 14.1. The molecule has 1 heterocycles. The van der Waals surface area contributed by atoms with E-state index in [9.17, 15) is 9.59 Å². The number of carbonyl (C=O) groups is 2. The number of hydrogen-bond donors (Lipinski definition) is 3. The smallest absolute Gasteiger partial charge is 0.225 e. The summed E-state index contributed by atoms with van der Waals surface area (Å²) in [6, 6.07) is 10.4. The number of primary amides is 1. The number of hydrogen-bond acceptors (Lipinski definition) is 3. The normalized spacial score (nSPS) is 30.3. The molecule has 2 aliphatic rings. The summed E-state index contributed by atoms with van der Waals surface area (Å²) in [6.07, 6.45) is 0.969. The topological polar surface area (TPSA) is 84.2 Å². The number of nitrogens with two attached hydrogens (primary N) is 1. The number of carbonyl (C=O) groups excluding carboxylic acids is 2. The van der Waals surface area contributed by atoms with E-state index in [1.807, 2.05) is 18.2 Å². The molecule has 1 saturated heterocycles. The number of amides is 2. The molecule has 0 bridgehead atoms. The van der Waals surface area contributed by atoms with Gasteiger partial charge in [-0.05, 0) is 12.0 Å². The Bertz CT molecular complexity index is 523. The van der Waals surface area contributed by atoms with Crippen LogP contribution in [0.5, 0.6) is 0 Å². The van der Waals surface area contributed by atoms with Crippen LogP contribution in [0.1, 0.15) is 17.9 Å². The largest absolute Gasteiger partial charge is 0.369 e. The maximum atomic E-state index is 12.2. The van der Waals surface area contributed by atoms with Gasteiger partial charge >= 0.3 is 0 Å². The Labute approximate surface area is 130 Å². The summed E-state index contributed by atoms with van der Waals surface area (Å²) in [5.74, 6) is -0.761. The molecule has 0 radical (unpaired) electrons. The van der Waals surface area contributed by atoms with Crippen molar-refractivity contribution in [3.8, 4) is 0 Å². The third-order valence-electron chi connectivity index (χ3n) is 4.26. The summed E-state index contributed by atoms with van der Waals surface area (Å²) in [7, 11) is 0. The molecule has 0 aromatic heterocycles. The lowest BCUT2D eigenvalue weighted by molar-refractivity contribution is -0.131. The van der Waals surface area contributed by atoms with E-state index in [1.54, 1.807) is 0 Å². The molecule has 4 atom stereocenters. The Morgan fingerprint density at radius 2 is 1.81 bits per heavy atom. The molecule has 4 N–H and O–H groups in total. The van der Waals surface area contributed by atoms with Crippen molar-refractivity contribution in [2.75, 3.05) is 13.1 Å². The summed E-state index contributed by atoms with van der Waals surface area (Å²) >= 11 is 0. The molecule has 1 saturated carbocycles. The zero-order valence-electron chi connectivity index (χ0n) is 11.6. The van der Waals surface area contributed by atoms with Gasteiger partial charge in [-0.3, -0.25) is 9.59 Å². The molecular weight excluding hydrogens is 290 g/mol. The van der Waals surface area contributed by atoms with E-state index in [4.69, 9.17) is 5.73 Å². The van der Waals surface area contributed by atoms with E-state index < -0.39 is 5.91 Å². The molecule has 1 aromatic carbocycles. The van der Waals surface area contributed by atoms with Crippen LogP contribution in [0, 0.1) is 11.8 Å². The van der Waals surface area contributed by atoms with Crippen LogP contribution in [0.2, 0.25) is 0 Å². The predicted octanol–water partition coefficient (Wildman–Crippen LogP) is 0.401. The number of nitrogens with one attached hydrogen (secondary N) is 2. The highest BCUT2D eigenvalue weighted by Crippen LogP contribution is 2.40. The second kappa shape index (κ2) is 6.45. The molecular formula is C15H20ClN3O2. The summed E-state index contributed by atoms with van der Waals surface area (Å²) in [5.41, 5.74) is 6.59. The number of benzene rings is 1. The molecule has 6 heteroatoms. The quantitative estimate of drug-likeness (QED) is 0.753. The average molecular weight is 310 g/mol. The number of rotatable bonds is 4. The average Bonchev–Trinajstić information content (AvgIpc) is 3.02. The van der Waals surface area contributed by atoms with Gasteiger partial charge in [-0.15, -0.1) is 12.4 Å². The van der Waals surface area contributed by atoms with Crippen LogP contribution in [0.25, 0.3) is 0 Å². The van der Waals surface area contributed by atoms with Gasteiger partial charge in [0.15, 0.2) is 0 Å². The first kappa shape index (κ1) is 15.8. The van der Waals surface area contributed by atoms with Gasteiger partial charge in [-0.25, -0.2) is 0 Å². The SMILES string of the molecule is Cl.NC(=O)C1CNCC1C(=O)N[C@@H]1C[C@H]1c1ccccc1. The Morgan fingerprint density at radius 3 is 2.48 bits per heavy atom. The van der Waals surface area contributed by atoms with Crippen LogP contribution in [0.3, 0.4) is 0 Å². The van der Waals surface area contributed by atoms with Crippen molar-refractivity contribution >= 4 is 24.2 Å². The molecule has 2 fully saturated rings. The van der Waals surface area contributed by atoms with E-state index in [2.05, 4.69) is 22.8 Å². The lowest BCUT2D eigenvalue weighted by Crippen LogP contribution is -2.40. The molecule has 21 heavy (non-hydrogen) atoms. The molecule has 0 spiro atoms. The third kappa shape index (κ3) is 3.36. The van der Waals surface area contributed by atoms with Gasteiger partial charge in [0.25, 0.3) is 0 Å². The lowest BCUT2D eigenvalue weighted by Gasteiger charge is -2.15. The second-order valence-corrected chi connectivity index (χ2v) is 5.64. The maximum absolute atomic E-state index is 12.2. The second-order valence-electron chi connectivity index (χ2n) is 5.64. The van der Waals surface area contributed by atoms with Crippen LogP contribution < -0.4 is 16.4 Å². The first-order valence-corrected chi connectivity index (χ1v) is 7.02. The van der Waals surface area contributed by atoms with Crippen LogP contribution >= 0.6 is 12.4 Å². The standard InChI is InChI=1S/C15H19N3O2.ClH/c16-14(19)11-7-17-8-12(11)15(20)18-13-6-10(13)9-4-2-1-3-5-9;/h1-5,10-13,17H,6-8H2,(H2,16,19)(H,18,20);1H/t10-,11?,12?,13+;/m0./s1. The predicted molar refractivity (Wildman–Crippen MR) is 82.0 cm³/mol. The van der Waals surface area contributed by atoms with E-state index in [1.165, 1.54) is 5.56 Å². The van der Waals surface area contributed by atoms with Crippen molar-refractivity contribution in [1.29, 1.82) is 0 Å². The van der Waals surface area contributed by atoms with Gasteiger partial charge < -0.3 is 16.4 Å². The summed E-state index contributed by atoms with van der Waals surface area (Å²) in [6.45, 7) is 1.03. The highest BCUT2D eigenvalue weighted by Gasteiger charge is 2.43. The van der Waals surface area contributed by atoms with Crippen molar-refractivity contribution in [1.82, 2.24) is 10.6 Å². The van der Waals surface area contributed by atoms with E-state index in [-0.39, 0.29) is 36.2 Å². The lowest BCUT2D eigenvalue weighted by atomic mass is 9.94. The maximum Gasteiger partial charge on any atom is 0.225 e. The molecule has 1 aliphatic heterocycles. The van der Waals surface area contributed by atoms with Crippen molar-refractivity contribution in [3.05, 3.63) is 35.9 Å². The minimum atomic E-state index is -0.398. The van der Waals surface area contributed by atoms with E-state index >= 15 is 0 Å². The first-order valence-electron chi connectivity index (χ1n) is 7.02. The highest BCUT2D eigenvalue weighted by molar-refractivity contribution is 5.88. The van der Waals surface area contributed by atoms with Crippen LogP contribution in [0.4, 0.5) is 0 Å². The molecule has 5 nitrogen and oxygen atoms in total. The fourth-order valence-electron chi connectivity index (χ4n) is 2.97. The Kier molecular flexibility index (Phi) is 4.85. The highest BCUT2D eigenvalue weighted by atomic mass is 35.5. The third-order valence-corrected chi connectivity index (χ3v) is 4.26. The van der Waals surface area contributed by atoms with Crippen molar-refractivity contribution in [2.45, 2.75) is 18.4 Å². The fraction of sp³-hybridized carbons (Fsp3) is 0.467. The van der Waals surface area contributed by atoms with Crippen LogP contribution in [0.15, 0.2) is 30.3 Å². The van der Waals surface area contributed by atoms with E-state index in [0.29, 0.717) is 19.0 Å². The van der Waals surface area contributed by atoms with Crippen LogP contribution in [-0.4, -0.2) is 30.9 Å². The minimum absolute atomic E-state index is 0. The Hall–Kier alpha value is -1.59. The van der Waals surface area contributed by atoms with Gasteiger partial charge in [-0.1, -0.05) is 30.3 Å². The fourth-order valence-corrected chi connectivity index (χ4v) is 2.97. The summed E-state index contributed by atoms with van der Waals surface area (Å²) in [5, 5.41) is 6.10. The summed E-state index contributed by atoms with van der Waals surface area (Å²) in [4.78, 5) is 23.5. The van der Waals surface area contributed by atoms with Crippen molar-refractivity contribution in [3.63, 3.8) is 0 Å². The molecule has 114 valence electrons. The molecule has 2 amide bonds. The molecule has 3 rings (SSSR count). The van der Waals surface area contributed by atoms with Gasteiger partial charge in [0.05, 0.1) is 11.8 Å². The first-order chi connectivity index (χ1) is 9.66. The van der Waals surface area contributed by atoms with Gasteiger partial charge in [0.1, 0.15) is 0 Å². The summed E-state index contributed by atoms with van der Waals surface area (Å²) < 4.78 is 0.